The van der Waals surface area contributed by atoms with Gasteiger partial charge in [-0.05, 0) is 23.3 Å². The number of carbonyl (C=O) groups excluding carboxylic acids is 2. The van der Waals surface area contributed by atoms with Crippen LogP contribution >= 0.6 is 0 Å². The lowest BCUT2D eigenvalue weighted by molar-refractivity contribution is -0.145. The number of phenolic OH excluding ortho intramolecular Hbond substituents is 2. The second kappa shape index (κ2) is 5.56. The third-order valence-electron chi connectivity index (χ3n) is 4.41. The Morgan fingerprint density at radius 1 is 1.17 bits per heavy atom. The predicted octanol–water partition coefficient (Wildman–Crippen LogP) is 1.96. The van der Waals surface area contributed by atoms with Crippen LogP contribution in [0.1, 0.15) is 21.5 Å². The van der Waals surface area contributed by atoms with Crippen LogP contribution in [0.4, 0.5) is 0 Å². The highest BCUT2D eigenvalue weighted by atomic mass is 16.5. The maximum atomic E-state index is 13.0. The van der Waals surface area contributed by atoms with Gasteiger partial charge in [-0.25, -0.2) is 0 Å². The summed E-state index contributed by atoms with van der Waals surface area (Å²) in [4.78, 5) is 25.6. The van der Waals surface area contributed by atoms with E-state index in [1.807, 2.05) is 0 Å². The summed E-state index contributed by atoms with van der Waals surface area (Å²) in [5, 5.41) is 19.8. The number of Topliss-reactive ketones (excluding diaryl/α,β-unsaturated/α-hetero) is 1. The Hall–Kier alpha value is -3.02. The second-order valence-electron chi connectivity index (χ2n) is 5.61. The first kappa shape index (κ1) is 15.9. The average molecular weight is 328 g/mol. The van der Waals surface area contributed by atoms with Gasteiger partial charge in [-0.3, -0.25) is 9.59 Å². The van der Waals surface area contributed by atoms with E-state index in [1.54, 1.807) is 24.3 Å². The van der Waals surface area contributed by atoms with Gasteiger partial charge < -0.3 is 19.7 Å². The molecular formula is C18H16O6. The van der Waals surface area contributed by atoms with E-state index in [0.29, 0.717) is 5.56 Å². The van der Waals surface area contributed by atoms with Gasteiger partial charge in [0.1, 0.15) is 0 Å². The van der Waals surface area contributed by atoms with E-state index in [4.69, 9.17) is 9.47 Å². The molecule has 0 fully saturated rings. The van der Waals surface area contributed by atoms with Crippen LogP contribution in [0.3, 0.4) is 0 Å². The minimum absolute atomic E-state index is 0.0305. The summed E-state index contributed by atoms with van der Waals surface area (Å²) >= 11 is 0. The minimum atomic E-state index is -1.61. The summed E-state index contributed by atoms with van der Waals surface area (Å²) < 4.78 is 9.92. The van der Waals surface area contributed by atoms with Gasteiger partial charge in [0.25, 0.3) is 0 Å². The maximum absolute atomic E-state index is 13.0. The zero-order valence-electron chi connectivity index (χ0n) is 13.2. The maximum Gasteiger partial charge on any atom is 0.324 e. The number of methoxy groups -OCH3 is 2. The fourth-order valence-electron chi connectivity index (χ4n) is 3.18. The molecule has 1 unspecified atom stereocenters. The first-order chi connectivity index (χ1) is 11.5. The molecule has 0 aromatic heterocycles. The van der Waals surface area contributed by atoms with Crippen molar-refractivity contribution in [2.45, 2.75) is 11.8 Å². The molecule has 2 aromatic rings. The van der Waals surface area contributed by atoms with Crippen molar-refractivity contribution in [3.05, 3.63) is 53.1 Å². The Balaban J connectivity index is 2.26. The summed E-state index contributed by atoms with van der Waals surface area (Å²) in [5.74, 6) is -2.09. The number of ketones is 1. The molecule has 6 heteroatoms. The molecule has 0 saturated heterocycles. The molecule has 124 valence electrons. The van der Waals surface area contributed by atoms with Crippen molar-refractivity contribution in [2.75, 3.05) is 14.2 Å². The Morgan fingerprint density at radius 3 is 2.50 bits per heavy atom. The van der Waals surface area contributed by atoms with Gasteiger partial charge in [-0.1, -0.05) is 24.3 Å². The number of hydrogen-bond donors (Lipinski definition) is 2. The molecule has 0 heterocycles. The molecule has 24 heavy (non-hydrogen) atoms. The van der Waals surface area contributed by atoms with Crippen LogP contribution in [0.15, 0.2) is 36.4 Å². The third-order valence-corrected chi connectivity index (χ3v) is 4.41. The molecule has 0 aliphatic heterocycles. The number of aromatic hydroxyl groups is 2. The molecular weight excluding hydrogens is 312 g/mol. The number of benzene rings is 2. The predicted molar refractivity (Wildman–Crippen MR) is 84.5 cm³/mol. The fourth-order valence-corrected chi connectivity index (χ4v) is 3.18. The number of ether oxygens (including phenoxy) is 2. The standard InChI is InChI=1S/C18H16O6/c1-23-14-8-11(7-13(19)15(14)20)18(17(22)24-2)9-10-5-3-4-6-12(10)16(18)21/h3-8,19-20H,9H2,1-2H3. The smallest absolute Gasteiger partial charge is 0.324 e. The highest BCUT2D eigenvalue weighted by Gasteiger charge is 2.54. The van der Waals surface area contributed by atoms with Gasteiger partial charge in [0, 0.05) is 12.0 Å². The molecule has 0 spiro atoms. The van der Waals surface area contributed by atoms with E-state index >= 15 is 0 Å². The van der Waals surface area contributed by atoms with Crippen LogP contribution in [0.25, 0.3) is 0 Å². The van der Waals surface area contributed by atoms with Crippen LogP contribution < -0.4 is 4.74 Å². The molecule has 1 aliphatic carbocycles. The summed E-state index contributed by atoms with van der Waals surface area (Å²) in [7, 11) is 2.52. The number of phenols is 2. The normalized spacial score (nSPS) is 19.0. The molecule has 0 saturated carbocycles. The van der Waals surface area contributed by atoms with Gasteiger partial charge in [0.2, 0.25) is 5.75 Å². The van der Waals surface area contributed by atoms with E-state index in [0.717, 1.165) is 5.56 Å². The van der Waals surface area contributed by atoms with Crippen molar-refractivity contribution in [1.29, 1.82) is 0 Å². The highest BCUT2D eigenvalue weighted by Crippen LogP contribution is 2.46. The Morgan fingerprint density at radius 2 is 1.88 bits per heavy atom. The zero-order chi connectivity index (χ0) is 17.5. The lowest BCUT2D eigenvalue weighted by atomic mass is 9.76. The number of esters is 1. The minimum Gasteiger partial charge on any atom is -0.504 e. The van der Waals surface area contributed by atoms with Gasteiger partial charge in [0.15, 0.2) is 22.7 Å². The van der Waals surface area contributed by atoms with Crippen LogP contribution in [-0.4, -0.2) is 36.2 Å². The van der Waals surface area contributed by atoms with Crippen molar-refractivity contribution in [1.82, 2.24) is 0 Å². The second-order valence-corrected chi connectivity index (χ2v) is 5.61. The van der Waals surface area contributed by atoms with Crippen LogP contribution in [0.5, 0.6) is 17.2 Å². The van der Waals surface area contributed by atoms with Crippen molar-refractivity contribution < 1.29 is 29.3 Å². The number of fused-ring (bicyclic) bond motifs is 1. The monoisotopic (exact) mass is 328 g/mol. The lowest BCUT2D eigenvalue weighted by Crippen LogP contribution is -2.42. The Kier molecular flexibility index (Phi) is 3.67. The zero-order valence-corrected chi connectivity index (χ0v) is 13.2. The number of carbonyl (C=O) groups is 2. The van der Waals surface area contributed by atoms with Crippen LogP contribution in [0.2, 0.25) is 0 Å². The Bertz CT molecular complexity index is 841. The molecule has 1 atom stereocenters. The first-order valence-corrected chi connectivity index (χ1v) is 7.27. The largest absolute Gasteiger partial charge is 0.504 e. The van der Waals surface area contributed by atoms with E-state index in [-0.39, 0.29) is 17.7 Å². The van der Waals surface area contributed by atoms with Crippen molar-refractivity contribution in [3.8, 4) is 17.2 Å². The molecule has 2 N–H and O–H groups in total. The van der Waals surface area contributed by atoms with E-state index in [1.165, 1.54) is 26.4 Å². The summed E-state index contributed by atoms with van der Waals surface area (Å²) in [5.41, 5.74) is -0.242. The van der Waals surface area contributed by atoms with Gasteiger partial charge in [-0.15, -0.1) is 0 Å². The van der Waals surface area contributed by atoms with E-state index in [9.17, 15) is 19.8 Å². The molecule has 0 radical (unpaired) electrons. The summed E-state index contributed by atoms with van der Waals surface area (Å²) in [6.07, 6.45) is 0.113. The number of hydrogen-bond acceptors (Lipinski definition) is 6. The molecule has 1 aliphatic rings. The van der Waals surface area contributed by atoms with E-state index < -0.39 is 28.7 Å². The van der Waals surface area contributed by atoms with E-state index in [2.05, 4.69) is 0 Å². The van der Waals surface area contributed by atoms with Crippen molar-refractivity contribution in [2.24, 2.45) is 0 Å². The third kappa shape index (κ3) is 2.03. The van der Waals surface area contributed by atoms with Crippen LogP contribution in [0, 0.1) is 0 Å². The topological polar surface area (TPSA) is 93.1 Å². The molecule has 2 aromatic carbocycles. The molecule has 6 nitrogen and oxygen atoms in total. The van der Waals surface area contributed by atoms with Crippen LogP contribution in [-0.2, 0) is 21.4 Å². The van der Waals surface area contributed by atoms with Crippen molar-refractivity contribution >= 4 is 11.8 Å². The highest BCUT2D eigenvalue weighted by molar-refractivity contribution is 6.20. The fraction of sp³-hybridized carbons (Fsp3) is 0.222. The van der Waals surface area contributed by atoms with Gasteiger partial charge >= 0.3 is 5.97 Å². The number of rotatable bonds is 3. The molecule has 0 amide bonds. The van der Waals surface area contributed by atoms with Gasteiger partial charge in [-0.2, -0.15) is 0 Å². The first-order valence-electron chi connectivity index (χ1n) is 7.27. The van der Waals surface area contributed by atoms with Gasteiger partial charge in [0.05, 0.1) is 14.2 Å². The molecule has 3 rings (SSSR count). The lowest BCUT2D eigenvalue weighted by Gasteiger charge is -2.25. The van der Waals surface area contributed by atoms with Crippen molar-refractivity contribution in [3.63, 3.8) is 0 Å². The quantitative estimate of drug-likeness (QED) is 0.508. The average Bonchev–Trinajstić information content (AvgIpc) is 2.90. The SMILES string of the molecule is COC(=O)C1(c2cc(O)c(O)c(OC)c2)Cc2ccccc2C1=O. The summed E-state index contributed by atoms with van der Waals surface area (Å²) in [6, 6.07) is 9.50. The Labute approximate surface area is 138 Å². The summed E-state index contributed by atoms with van der Waals surface area (Å²) in [6.45, 7) is 0. The molecule has 0 bridgehead atoms.